The number of nitrogens with one attached hydrogen (secondary N) is 1. The van der Waals surface area contributed by atoms with Gasteiger partial charge in [-0.05, 0) is 24.8 Å². The van der Waals surface area contributed by atoms with E-state index in [0.717, 1.165) is 11.8 Å². The van der Waals surface area contributed by atoms with Crippen molar-refractivity contribution >= 4 is 23.4 Å². The fourth-order valence-electron chi connectivity index (χ4n) is 1.46. The molecule has 9 heteroatoms. The Hall–Kier alpha value is -2.42. The molecule has 1 aromatic carbocycles. The second-order valence-electron chi connectivity index (χ2n) is 3.73. The number of hydrogen-bond donors (Lipinski definition) is 1. The molecule has 0 aliphatic heterocycles. The van der Waals surface area contributed by atoms with Gasteiger partial charge in [-0.2, -0.15) is 0 Å². The van der Waals surface area contributed by atoms with Crippen LogP contribution in [0.25, 0.3) is 0 Å². The van der Waals surface area contributed by atoms with Crippen LogP contribution in [0.5, 0.6) is 0 Å². The molecule has 0 radical (unpaired) electrons. The number of aromatic nitrogens is 3. The van der Waals surface area contributed by atoms with Gasteiger partial charge in [-0.3, -0.25) is 15.2 Å². The Bertz CT molecular complexity index is 670. The number of benzene rings is 1. The van der Waals surface area contributed by atoms with Crippen LogP contribution in [0.1, 0.15) is 16.2 Å². The summed E-state index contributed by atoms with van der Waals surface area (Å²) in [6, 6.07) is 3.96. The van der Waals surface area contributed by atoms with E-state index < -0.39 is 10.9 Å². The van der Waals surface area contributed by atoms with Gasteiger partial charge in [0, 0.05) is 17.0 Å². The van der Waals surface area contributed by atoms with Gasteiger partial charge < -0.3 is 4.74 Å². The fraction of sp³-hybridized carbons (Fsp3) is 0.182. The molecular weight excluding hydrogens is 284 g/mol. The van der Waals surface area contributed by atoms with Crippen LogP contribution >= 0.6 is 11.8 Å². The normalized spacial score (nSPS) is 10.3. The van der Waals surface area contributed by atoms with Crippen LogP contribution in [0.4, 0.5) is 5.69 Å². The number of carbonyl (C=O) groups excluding carboxylic acids is 1. The zero-order valence-electron chi connectivity index (χ0n) is 10.6. The third kappa shape index (κ3) is 2.94. The summed E-state index contributed by atoms with van der Waals surface area (Å²) in [5.74, 6) is -0.0162. The fourth-order valence-corrected chi connectivity index (χ4v) is 2.32. The molecule has 0 spiro atoms. The van der Waals surface area contributed by atoms with E-state index in [1.165, 1.54) is 25.3 Å². The lowest BCUT2D eigenvalue weighted by Crippen LogP contribution is -2.04. The van der Waals surface area contributed by atoms with Gasteiger partial charge >= 0.3 is 5.97 Å². The summed E-state index contributed by atoms with van der Waals surface area (Å²) in [5.41, 5.74) is -0.0740. The highest BCUT2D eigenvalue weighted by molar-refractivity contribution is 7.99. The summed E-state index contributed by atoms with van der Waals surface area (Å²) in [4.78, 5) is 26.5. The number of non-ortho nitro benzene ring substituents is 1. The molecule has 0 saturated carbocycles. The van der Waals surface area contributed by atoms with E-state index in [1.807, 2.05) is 0 Å². The first-order chi connectivity index (χ1) is 9.51. The van der Waals surface area contributed by atoms with Crippen molar-refractivity contribution in [3.05, 3.63) is 39.7 Å². The molecule has 1 heterocycles. The number of carbonyl (C=O) groups is 1. The van der Waals surface area contributed by atoms with Crippen molar-refractivity contribution in [1.29, 1.82) is 0 Å². The highest BCUT2D eigenvalue weighted by atomic mass is 32.2. The van der Waals surface area contributed by atoms with Gasteiger partial charge in [0.2, 0.25) is 5.16 Å². The predicted molar refractivity (Wildman–Crippen MR) is 69.7 cm³/mol. The second-order valence-corrected chi connectivity index (χ2v) is 4.74. The number of nitrogens with zero attached hydrogens (tertiary/aromatic N) is 3. The van der Waals surface area contributed by atoms with Gasteiger partial charge in [0.15, 0.2) is 0 Å². The van der Waals surface area contributed by atoms with Gasteiger partial charge in [-0.25, -0.2) is 9.78 Å². The van der Waals surface area contributed by atoms with Crippen LogP contribution in [0.2, 0.25) is 0 Å². The van der Waals surface area contributed by atoms with Crippen molar-refractivity contribution < 1.29 is 14.5 Å². The number of methoxy groups -OCH3 is 1. The molecule has 0 amide bonds. The lowest BCUT2D eigenvalue weighted by atomic mass is 10.2. The Morgan fingerprint density at radius 1 is 1.50 bits per heavy atom. The van der Waals surface area contributed by atoms with Crippen molar-refractivity contribution in [2.45, 2.75) is 17.0 Å². The maximum atomic E-state index is 11.7. The third-order valence-electron chi connectivity index (χ3n) is 2.36. The summed E-state index contributed by atoms with van der Waals surface area (Å²) >= 11 is 1.12. The standard InChI is InChI=1S/C11H10N4O4S/c1-6-12-11(14-13-6)20-9-4-3-7(15(17)18)5-8(9)10(16)19-2/h3-5H,1-2H3,(H,12,13,14). The molecule has 0 bridgehead atoms. The maximum Gasteiger partial charge on any atom is 0.339 e. The van der Waals surface area contributed by atoms with E-state index in [1.54, 1.807) is 6.92 Å². The summed E-state index contributed by atoms with van der Waals surface area (Å²) in [5, 5.41) is 17.8. The minimum atomic E-state index is -0.650. The van der Waals surface area contributed by atoms with E-state index in [0.29, 0.717) is 15.9 Å². The lowest BCUT2D eigenvalue weighted by Gasteiger charge is -2.05. The maximum absolute atomic E-state index is 11.7. The molecule has 0 aliphatic carbocycles. The van der Waals surface area contributed by atoms with E-state index in [9.17, 15) is 14.9 Å². The van der Waals surface area contributed by atoms with Gasteiger partial charge in [0.05, 0.1) is 17.6 Å². The summed E-state index contributed by atoms with van der Waals surface area (Å²) in [6.07, 6.45) is 0. The van der Waals surface area contributed by atoms with Crippen LogP contribution < -0.4 is 0 Å². The molecule has 1 aromatic heterocycles. The highest BCUT2D eigenvalue weighted by Crippen LogP contribution is 2.31. The first-order valence-electron chi connectivity index (χ1n) is 5.45. The lowest BCUT2D eigenvalue weighted by molar-refractivity contribution is -0.384. The largest absolute Gasteiger partial charge is 0.465 e. The molecule has 0 saturated heterocycles. The van der Waals surface area contributed by atoms with E-state index in [4.69, 9.17) is 0 Å². The number of hydrogen-bond acceptors (Lipinski definition) is 7. The number of H-pyrrole nitrogens is 1. The monoisotopic (exact) mass is 294 g/mol. The van der Waals surface area contributed by atoms with Gasteiger partial charge in [-0.15, -0.1) is 5.10 Å². The molecular formula is C11H10N4O4S. The Kier molecular flexibility index (Phi) is 3.99. The average molecular weight is 294 g/mol. The quantitative estimate of drug-likeness (QED) is 0.521. The van der Waals surface area contributed by atoms with E-state index >= 15 is 0 Å². The molecule has 0 aliphatic rings. The number of nitro benzene ring substituents is 1. The Morgan fingerprint density at radius 3 is 2.80 bits per heavy atom. The number of aryl methyl sites for hydroxylation is 1. The van der Waals surface area contributed by atoms with Gasteiger partial charge in [0.1, 0.15) is 5.82 Å². The van der Waals surface area contributed by atoms with Crippen molar-refractivity contribution in [2.75, 3.05) is 7.11 Å². The van der Waals surface area contributed by atoms with E-state index in [2.05, 4.69) is 19.9 Å². The minimum absolute atomic E-state index is 0.106. The molecule has 2 aromatic rings. The molecule has 0 fully saturated rings. The van der Waals surface area contributed by atoms with E-state index in [-0.39, 0.29) is 11.3 Å². The van der Waals surface area contributed by atoms with Crippen LogP contribution in [0, 0.1) is 17.0 Å². The highest BCUT2D eigenvalue weighted by Gasteiger charge is 2.19. The first kappa shape index (κ1) is 14.0. The van der Waals surface area contributed by atoms with Gasteiger partial charge in [0.25, 0.3) is 5.69 Å². The van der Waals surface area contributed by atoms with Crippen LogP contribution in [0.15, 0.2) is 28.3 Å². The minimum Gasteiger partial charge on any atom is -0.465 e. The Labute approximate surface area is 117 Å². The Morgan fingerprint density at radius 2 is 2.25 bits per heavy atom. The number of ether oxygens (including phenoxy) is 1. The smallest absolute Gasteiger partial charge is 0.339 e. The number of esters is 1. The van der Waals surface area contributed by atoms with Crippen molar-refractivity contribution in [1.82, 2.24) is 15.2 Å². The number of nitro groups is 1. The Balaban J connectivity index is 2.40. The molecule has 8 nitrogen and oxygen atoms in total. The van der Waals surface area contributed by atoms with Gasteiger partial charge in [-0.1, -0.05) is 0 Å². The molecule has 0 unspecified atom stereocenters. The molecule has 2 rings (SSSR count). The van der Waals surface area contributed by atoms with Crippen LogP contribution in [-0.4, -0.2) is 33.2 Å². The number of aromatic amines is 1. The van der Waals surface area contributed by atoms with Crippen molar-refractivity contribution in [3.8, 4) is 0 Å². The zero-order chi connectivity index (χ0) is 14.7. The van der Waals surface area contributed by atoms with Crippen molar-refractivity contribution in [2.24, 2.45) is 0 Å². The SMILES string of the molecule is COC(=O)c1cc([N+](=O)[O-])ccc1Sc1n[nH]c(C)n1. The second kappa shape index (κ2) is 5.70. The van der Waals surface area contributed by atoms with Crippen LogP contribution in [-0.2, 0) is 4.74 Å². The average Bonchev–Trinajstić information content (AvgIpc) is 2.83. The molecule has 1 N–H and O–H groups in total. The molecule has 104 valence electrons. The molecule has 0 atom stereocenters. The third-order valence-corrected chi connectivity index (χ3v) is 3.30. The molecule has 20 heavy (non-hydrogen) atoms. The van der Waals surface area contributed by atoms with Crippen molar-refractivity contribution in [3.63, 3.8) is 0 Å². The summed E-state index contributed by atoms with van der Waals surface area (Å²) in [6.45, 7) is 1.74. The predicted octanol–water partition coefficient (Wildman–Crippen LogP) is 1.96. The zero-order valence-corrected chi connectivity index (χ0v) is 11.4. The summed E-state index contributed by atoms with van der Waals surface area (Å²) in [7, 11) is 1.21. The first-order valence-corrected chi connectivity index (χ1v) is 6.26. The topological polar surface area (TPSA) is 111 Å². The number of rotatable bonds is 4. The summed E-state index contributed by atoms with van der Waals surface area (Å²) < 4.78 is 4.63. The van der Waals surface area contributed by atoms with Crippen LogP contribution in [0.3, 0.4) is 0 Å².